The number of benzene rings is 1. The summed E-state index contributed by atoms with van der Waals surface area (Å²) in [6, 6.07) is 4.58. The van der Waals surface area contributed by atoms with Gasteiger partial charge in [0, 0.05) is 0 Å². The van der Waals surface area contributed by atoms with Gasteiger partial charge in [0.25, 0.3) is 0 Å². The van der Waals surface area contributed by atoms with Crippen molar-refractivity contribution in [2.45, 2.75) is 13.5 Å². The Hall–Kier alpha value is -3.17. The van der Waals surface area contributed by atoms with Gasteiger partial charge in [-0.15, -0.1) is 5.10 Å². The normalized spacial score (nSPS) is 10.8. The van der Waals surface area contributed by atoms with Gasteiger partial charge in [0.05, 0.1) is 4.92 Å². The van der Waals surface area contributed by atoms with E-state index in [1.54, 1.807) is 12.1 Å². The molecule has 22 heavy (non-hydrogen) atoms. The van der Waals surface area contributed by atoms with Crippen LogP contribution < -0.4 is 0 Å². The first-order valence-electron chi connectivity index (χ1n) is 6.25. The lowest BCUT2D eigenvalue weighted by Crippen LogP contribution is -2.10. The van der Waals surface area contributed by atoms with Gasteiger partial charge >= 0.3 is 5.69 Å². The lowest BCUT2D eigenvalue weighted by Gasteiger charge is -2.06. The number of aromatic nitrogens is 6. The summed E-state index contributed by atoms with van der Waals surface area (Å²) < 4.78 is 16.5. The molecule has 3 rings (SSSR count). The summed E-state index contributed by atoms with van der Waals surface area (Å²) in [7, 11) is 0. The van der Waals surface area contributed by atoms with Gasteiger partial charge in [0.15, 0.2) is 5.82 Å². The number of aryl methyl sites for hydroxylation is 1. The minimum Gasteiger partial charge on any atom is -0.258 e. The van der Waals surface area contributed by atoms with Crippen molar-refractivity contribution in [1.82, 2.24) is 30.0 Å². The van der Waals surface area contributed by atoms with Crippen LogP contribution in [0.25, 0.3) is 5.69 Å². The molecule has 0 N–H and O–H groups in total. The largest absolute Gasteiger partial charge is 0.307 e. The van der Waals surface area contributed by atoms with Crippen LogP contribution >= 0.6 is 0 Å². The SMILES string of the molecule is Cc1ccc(F)c(-n2nnnc2Cn2cc([N+](=O)[O-])cn2)c1. The van der Waals surface area contributed by atoms with Crippen LogP contribution in [-0.4, -0.2) is 34.9 Å². The van der Waals surface area contributed by atoms with Crippen LogP contribution in [0, 0.1) is 22.9 Å². The first-order chi connectivity index (χ1) is 10.5. The number of rotatable bonds is 4. The highest BCUT2D eigenvalue weighted by Crippen LogP contribution is 2.16. The maximum atomic E-state index is 13.9. The molecule has 0 saturated heterocycles. The third-order valence-corrected chi connectivity index (χ3v) is 3.00. The standard InChI is InChI=1S/C12H10FN7O2/c1-8-2-3-10(13)11(4-8)19-12(15-16-17-19)7-18-6-9(5-14-18)20(21)22/h2-6H,7H2,1H3. The summed E-state index contributed by atoms with van der Waals surface area (Å²) in [5, 5.41) is 25.6. The fraction of sp³-hybridized carbons (Fsp3) is 0.167. The smallest absolute Gasteiger partial charge is 0.258 e. The van der Waals surface area contributed by atoms with E-state index in [1.807, 2.05) is 6.92 Å². The Bertz CT molecular complexity index is 842. The fourth-order valence-electron chi connectivity index (χ4n) is 1.95. The van der Waals surface area contributed by atoms with Gasteiger partial charge in [-0.05, 0) is 35.0 Å². The van der Waals surface area contributed by atoms with Crippen molar-refractivity contribution < 1.29 is 9.31 Å². The molecular weight excluding hydrogens is 293 g/mol. The molecule has 0 atom stereocenters. The monoisotopic (exact) mass is 303 g/mol. The minimum absolute atomic E-state index is 0.0776. The number of hydrogen-bond donors (Lipinski definition) is 0. The maximum absolute atomic E-state index is 13.9. The molecule has 0 unspecified atom stereocenters. The average molecular weight is 303 g/mol. The molecule has 0 spiro atoms. The van der Waals surface area contributed by atoms with Crippen LogP contribution in [0.1, 0.15) is 11.4 Å². The number of tetrazole rings is 1. The number of halogens is 1. The topological polar surface area (TPSA) is 105 Å². The Morgan fingerprint density at radius 1 is 1.41 bits per heavy atom. The van der Waals surface area contributed by atoms with E-state index in [-0.39, 0.29) is 17.9 Å². The molecule has 2 aromatic heterocycles. The number of hydrogen-bond acceptors (Lipinski definition) is 6. The average Bonchev–Trinajstić information content (AvgIpc) is 3.11. The van der Waals surface area contributed by atoms with Crippen molar-refractivity contribution in [3.8, 4) is 5.69 Å². The molecule has 0 bridgehead atoms. The molecule has 1 aromatic carbocycles. The summed E-state index contributed by atoms with van der Waals surface area (Å²) in [4.78, 5) is 10.1. The lowest BCUT2D eigenvalue weighted by atomic mass is 10.2. The summed E-state index contributed by atoms with van der Waals surface area (Å²) in [5.41, 5.74) is 0.926. The molecule has 0 saturated carbocycles. The molecule has 2 heterocycles. The molecule has 0 aliphatic rings. The van der Waals surface area contributed by atoms with Crippen molar-refractivity contribution in [2.24, 2.45) is 0 Å². The van der Waals surface area contributed by atoms with Crippen molar-refractivity contribution >= 4 is 5.69 Å². The summed E-state index contributed by atoms with van der Waals surface area (Å²) in [6.07, 6.45) is 2.38. The van der Waals surface area contributed by atoms with E-state index >= 15 is 0 Å². The minimum atomic E-state index is -0.549. The maximum Gasteiger partial charge on any atom is 0.307 e. The highest BCUT2D eigenvalue weighted by molar-refractivity contribution is 5.36. The molecule has 9 nitrogen and oxygen atoms in total. The van der Waals surface area contributed by atoms with Gasteiger partial charge in [0.1, 0.15) is 30.4 Å². The fourth-order valence-corrected chi connectivity index (χ4v) is 1.95. The van der Waals surface area contributed by atoms with Gasteiger partial charge < -0.3 is 0 Å². The van der Waals surface area contributed by atoms with E-state index in [9.17, 15) is 14.5 Å². The molecule has 0 aliphatic heterocycles. The van der Waals surface area contributed by atoms with Crippen LogP contribution in [0.3, 0.4) is 0 Å². The van der Waals surface area contributed by atoms with Crippen LogP contribution in [0.2, 0.25) is 0 Å². The van der Waals surface area contributed by atoms with Crippen molar-refractivity contribution in [2.75, 3.05) is 0 Å². The zero-order chi connectivity index (χ0) is 15.7. The molecule has 0 amide bonds. The van der Waals surface area contributed by atoms with E-state index in [1.165, 1.54) is 21.6 Å². The second-order valence-electron chi connectivity index (χ2n) is 4.62. The van der Waals surface area contributed by atoms with Gasteiger partial charge in [-0.3, -0.25) is 14.8 Å². The Labute approximate surface area is 123 Å². The zero-order valence-electron chi connectivity index (χ0n) is 11.4. The predicted molar refractivity (Wildman–Crippen MR) is 71.8 cm³/mol. The lowest BCUT2D eigenvalue weighted by molar-refractivity contribution is -0.385. The van der Waals surface area contributed by atoms with E-state index in [0.29, 0.717) is 5.82 Å². The second-order valence-corrected chi connectivity index (χ2v) is 4.62. The van der Waals surface area contributed by atoms with Crippen LogP contribution in [-0.2, 0) is 6.54 Å². The Morgan fingerprint density at radius 3 is 2.95 bits per heavy atom. The summed E-state index contributed by atoms with van der Waals surface area (Å²) in [5.74, 6) is -0.159. The molecule has 0 radical (unpaired) electrons. The van der Waals surface area contributed by atoms with Gasteiger partial charge in [-0.1, -0.05) is 6.07 Å². The van der Waals surface area contributed by atoms with E-state index in [2.05, 4.69) is 20.6 Å². The Kier molecular flexibility index (Phi) is 3.33. The number of nitrogens with zero attached hydrogens (tertiary/aromatic N) is 7. The van der Waals surface area contributed by atoms with Crippen LogP contribution in [0.15, 0.2) is 30.6 Å². The zero-order valence-corrected chi connectivity index (χ0v) is 11.4. The van der Waals surface area contributed by atoms with Crippen molar-refractivity contribution in [1.29, 1.82) is 0 Å². The van der Waals surface area contributed by atoms with E-state index in [0.717, 1.165) is 11.8 Å². The second kappa shape index (κ2) is 5.31. The van der Waals surface area contributed by atoms with Crippen LogP contribution in [0.4, 0.5) is 10.1 Å². The highest BCUT2D eigenvalue weighted by Gasteiger charge is 2.15. The Morgan fingerprint density at radius 2 is 2.23 bits per heavy atom. The third-order valence-electron chi connectivity index (χ3n) is 3.00. The summed E-state index contributed by atoms with van der Waals surface area (Å²) >= 11 is 0. The van der Waals surface area contributed by atoms with Crippen LogP contribution in [0.5, 0.6) is 0 Å². The first-order valence-corrected chi connectivity index (χ1v) is 6.25. The Balaban J connectivity index is 1.95. The van der Waals surface area contributed by atoms with Gasteiger partial charge in [-0.2, -0.15) is 9.78 Å². The quantitative estimate of drug-likeness (QED) is 0.531. The predicted octanol–water partition coefficient (Wildman–Crippen LogP) is 1.26. The van der Waals surface area contributed by atoms with Crippen molar-refractivity contribution in [3.05, 3.63) is 57.9 Å². The van der Waals surface area contributed by atoms with Gasteiger partial charge in [0.2, 0.25) is 0 Å². The highest BCUT2D eigenvalue weighted by atomic mass is 19.1. The molecule has 3 aromatic rings. The van der Waals surface area contributed by atoms with Gasteiger partial charge in [-0.25, -0.2) is 4.39 Å². The third kappa shape index (κ3) is 2.53. The summed E-state index contributed by atoms with van der Waals surface area (Å²) in [6.45, 7) is 1.90. The van der Waals surface area contributed by atoms with E-state index < -0.39 is 10.7 Å². The molecule has 0 aliphatic carbocycles. The first kappa shape index (κ1) is 13.8. The number of nitro groups is 1. The van der Waals surface area contributed by atoms with Crippen molar-refractivity contribution in [3.63, 3.8) is 0 Å². The molecular formula is C12H10FN7O2. The molecule has 10 heteroatoms. The van der Waals surface area contributed by atoms with E-state index in [4.69, 9.17) is 0 Å². The molecule has 112 valence electrons. The molecule has 0 fully saturated rings.